The van der Waals surface area contributed by atoms with Crippen molar-refractivity contribution >= 4 is 0 Å². The zero-order valence-electron chi connectivity index (χ0n) is 11.0. The van der Waals surface area contributed by atoms with E-state index in [4.69, 9.17) is 0 Å². The highest BCUT2D eigenvalue weighted by molar-refractivity contribution is 5.26. The second-order valence-electron chi connectivity index (χ2n) is 5.67. The van der Waals surface area contributed by atoms with E-state index in [1.165, 1.54) is 18.4 Å². The molecule has 0 radical (unpaired) electrons. The first-order valence-corrected chi connectivity index (χ1v) is 6.94. The van der Waals surface area contributed by atoms with Crippen molar-refractivity contribution in [2.24, 2.45) is 5.92 Å². The fraction of sp³-hybridized carbons (Fsp3) is 0.600. The molecule has 1 aromatic rings. The Hall–Kier alpha value is -0.930. The smallest absolute Gasteiger partial charge is 0.123 e. The predicted octanol–water partition coefficient (Wildman–Crippen LogP) is 2.32. The van der Waals surface area contributed by atoms with E-state index >= 15 is 0 Å². The minimum Gasteiger partial charge on any atom is -0.315 e. The van der Waals surface area contributed by atoms with Gasteiger partial charge in [-0.2, -0.15) is 0 Å². The molecule has 0 aromatic heterocycles. The van der Waals surface area contributed by atoms with Gasteiger partial charge in [-0.3, -0.25) is 4.90 Å². The van der Waals surface area contributed by atoms with E-state index in [-0.39, 0.29) is 5.82 Å². The molecule has 2 unspecified atom stereocenters. The lowest BCUT2D eigenvalue weighted by Crippen LogP contribution is -2.44. The van der Waals surface area contributed by atoms with Crippen LogP contribution in [0.5, 0.6) is 0 Å². The minimum absolute atomic E-state index is 0.117. The maximum Gasteiger partial charge on any atom is 0.123 e. The lowest BCUT2D eigenvalue weighted by molar-refractivity contribution is 0.117. The van der Waals surface area contributed by atoms with Crippen LogP contribution in [-0.2, 0) is 6.54 Å². The van der Waals surface area contributed by atoms with Gasteiger partial charge in [0.1, 0.15) is 5.82 Å². The lowest BCUT2D eigenvalue weighted by Gasteiger charge is -2.37. The molecule has 3 heteroatoms. The summed E-state index contributed by atoms with van der Waals surface area (Å²) >= 11 is 0. The van der Waals surface area contributed by atoms with Crippen LogP contribution >= 0.6 is 0 Å². The Morgan fingerprint density at radius 1 is 1.39 bits per heavy atom. The molecule has 2 heterocycles. The Balaban J connectivity index is 1.77. The molecule has 2 saturated heterocycles. The number of hydrogen-bond acceptors (Lipinski definition) is 2. The lowest BCUT2D eigenvalue weighted by atomic mass is 9.91. The third-order valence-electron chi connectivity index (χ3n) is 4.48. The number of fused-ring (bicyclic) bond motifs is 1. The molecule has 0 bridgehead atoms. The summed E-state index contributed by atoms with van der Waals surface area (Å²) in [7, 11) is 0. The molecule has 2 aliphatic rings. The van der Waals surface area contributed by atoms with Crippen LogP contribution in [0.3, 0.4) is 0 Å². The molecule has 3 rings (SSSR count). The van der Waals surface area contributed by atoms with Gasteiger partial charge < -0.3 is 5.32 Å². The van der Waals surface area contributed by atoms with Crippen molar-refractivity contribution in [3.8, 4) is 0 Å². The molecule has 0 aliphatic carbocycles. The first-order valence-electron chi connectivity index (χ1n) is 6.94. The second kappa shape index (κ2) is 4.98. The molecular weight excluding hydrogens is 227 g/mol. The maximum atomic E-state index is 13.3. The number of nitrogens with one attached hydrogen (secondary N) is 1. The molecule has 1 N–H and O–H groups in total. The second-order valence-corrected chi connectivity index (χ2v) is 5.67. The van der Waals surface area contributed by atoms with E-state index in [1.807, 2.05) is 6.07 Å². The van der Waals surface area contributed by atoms with E-state index in [1.54, 1.807) is 12.1 Å². The minimum atomic E-state index is -0.117. The van der Waals surface area contributed by atoms with Crippen molar-refractivity contribution in [3.05, 3.63) is 35.1 Å². The maximum absolute atomic E-state index is 13.3. The van der Waals surface area contributed by atoms with E-state index in [9.17, 15) is 4.39 Å². The Bertz CT molecular complexity index is 433. The van der Waals surface area contributed by atoms with Crippen LogP contribution in [0.4, 0.5) is 4.39 Å². The van der Waals surface area contributed by atoms with E-state index in [0.717, 1.165) is 37.7 Å². The number of piperidine rings is 1. The molecule has 18 heavy (non-hydrogen) atoms. The monoisotopic (exact) mass is 248 g/mol. The van der Waals surface area contributed by atoms with Crippen LogP contribution in [0, 0.1) is 18.7 Å². The summed E-state index contributed by atoms with van der Waals surface area (Å²) in [6.45, 7) is 6.37. The van der Waals surface area contributed by atoms with Crippen molar-refractivity contribution in [3.63, 3.8) is 0 Å². The molecule has 1 aromatic carbocycles. The van der Waals surface area contributed by atoms with Crippen LogP contribution in [0.25, 0.3) is 0 Å². The number of hydrogen-bond donors (Lipinski definition) is 1. The third kappa shape index (κ3) is 2.29. The standard InChI is InChI=1S/C15H21FN2/c1-11-4-5-14(16)7-13(11)10-18-6-2-3-12-8-17-9-15(12)18/h4-5,7,12,15,17H,2-3,6,8-10H2,1H3. The molecule has 98 valence electrons. The summed E-state index contributed by atoms with van der Waals surface area (Å²) in [5.41, 5.74) is 2.34. The van der Waals surface area contributed by atoms with Crippen molar-refractivity contribution in [2.45, 2.75) is 32.4 Å². The van der Waals surface area contributed by atoms with Crippen molar-refractivity contribution in [1.82, 2.24) is 10.2 Å². The van der Waals surface area contributed by atoms with E-state index < -0.39 is 0 Å². The van der Waals surface area contributed by atoms with Gasteiger partial charge in [0.2, 0.25) is 0 Å². The summed E-state index contributed by atoms with van der Waals surface area (Å²) in [4.78, 5) is 2.54. The number of nitrogens with zero attached hydrogens (tertiary/aromatic N) is 1. The van der Waals surface area contributed by atoms with Crippen LogP contribution in [0.1, 0.15) is 24.0 Å². The zero-order chi connectivity index (χ0) is 12.5. The van der Waals surface area contributed by atoms with Crippen LogP contribution in [0.15, 0.2) is 18.2 Å². The normalized spacial score (nSPS) is 28.3. The molecule has 2 nitrogen and oxygen atoms in total. The number of halogens is 1. The van der Waals surface area contributed by atoms with Crippen molar-refractivity contribution in [1.29, 1.82) is 0 Å². The summed E-state index contributed by atoms with van der Waals surface area (Å²) < 4.78 is 13.3. The van der Waals surface area contributed by atoms with Gasteiger partial charge in [0.25, 0.3) is 0 Å². The van der Waals surface area contributed by atoms with Gasteiger partial charge in [0, 0.05) is 19.1 Å². The zero-order valence-corrected chi connectivity index (χ0v) is 11.0. The fourth-order valence-electron chi connectivity index (χ4n) is 3.39. The molecule has 0 amide bonds. The molecule has 2 aliphatic heterocycles. The third-order valence-corrected chi connectivity index (χ3v) is 4.48. The topological polar surface area (TPSA) is 15.3 Å². The van der Waals surface area contributed by atoms with Gasteiger partial charge >= 0.3 is 0 Å². The van der Waals surface area contributed by atoms with Crippen LogP contribution in [-0.4, -0.2) is 30.6 Å². The number of benzene rings is 1. The van der Waals surface area contributed by atoms with Gasteiger partial charge in [-0.15, -0.1) is 0 Å². The quantitative estimate of drug-likeness (QED) is 0.864. The highest BCUT2D eigenvalue weighted by atomic mass is 19.1. The highest BCUT2D eigenvalue weighted by Crippen LogP contribution is 2.28. The van der Waals surface area contributed by atoms with Crippen molar-refractivity contribution in [2.75, 3.05) is 19.6 Å². The number of likely N-dealkylation sites (tertiary alicyclic amines) is 1. The summed E-state index contributed by atoms with van der Waals surface area (Å²) in [6, 6.07) is 5.79. The summed E-state index contributed by atoms with van der Waals surface area (Å²) in [5, 5.41) is 3.49. The fourth-order valence-corrected chi connectivity index (χ4v) is 3.39. The van der Waals surface area contributed by atoms with E-state index in [2.05, 4.69) is 17.1 Å². The van der Waals surface area contributed by atoms with Gasteiger partial charge in [0.05, 0.1) is 0 Å². The van der Waals surface area contributed by atoms with Crippen LogP contribution in [0.2, 0.25) is 0 Å². The summed E-state index contributed by atoms with van der Waals surface area (Å²) in [6.07, 6.45) is 2.62. The van der Waals surface area contributed by atoms with Crippen molar-refractivity contribution < 1.29 is 4.39 Å². The Morgan fingerprint density at radius 2 is 2.28 bits per heavy atom. The van der Waals surface area contributed by atoms with E-state index in [0.29, 0.717) is 6.04 Å². The molecular formula is C15H21FN2. The average molecular weight is 248 g/mol. The molecule has 2 atom stereocenters. The van der Waals surface area contributed by atoms with Crippen LogP contribution < -0.4 is 5.32 Å². The Morgan fingerprint density at radius 3 is 3.17 bits per heavy atom. The van der Waals surface area contributed by atoms with Gasteiger partial charge in [-0.05, 0) is 62.0 Å². The van der Waals surface area contributed by atoms with Gasteiger partial charge in [0.15, 0.2) is 0 Å². The van der Waals surface area contributed by atoms with Gasteiger partial charge in [-0.1, -0.05) is 6.07 Å². The van der Waals surface area contributed by atoms with Gasteiger partial charge in [-0.25, -0.2) is 4.39 Å². The largest absolute Gasteiger partial charge is 0.315 e. The first-order chi connectivity index (χ1) is 8.74. The molecule has 0 spiro atoms. The molecule has 0 saturated carbocycles. The number of rotatable bonds is 2. The molecule has 2 fully saturated rings. The average Bonchev–Trinajstić information content (AvgIpc) is 2.83. The summed E-state index contributed by atoms with van der Waals surface area (Å²) in [5.74, 6) is 0.682. The first kappa shape index (κ1) is 12.1. The Labute approximate surface area is 108 Å². The SMILES string of the molecule is Cc1ccc(F)cc1CN1CCCC2CNCC21. The Kier molecular flexibility index (Phi) is 3.35. The predicted molar refractivity (Wildman–Crippen MR) is 70.9 cm³/mol. The number of aryl methyl sites for hydroxylation is 1. The highest BCUT2D eigenvalue weighted by Gasteiger charge is 2.34.